The minimum absolute atomic E-state index is 0.0684. The highest BCUT2D eigenvalue weighted by Gasteiger charge is 2.20. The highest BCUT2D eigenvalue weighted by Crippen LogP contribution is 2.18. The molecule has 0 aliphatic heterocycles. The molecule has 2 N–H and O–H groups in total. The molecular formula is C21H15N5O3. The molecule has 0 amide bonds. The average Bonchev–Trinajstić information content (AvgIpc) is 3.18. The Hall–Kier alpha value is -4.33. The van der Waals surface area contributed by atoms with Crippen LogP contribution in [0.2, 0.25) is 0 Å². The van der Waals surface area contributed by atoms with Gasteiger partial charge in [-0.05, 0) is 18.2 Å². The molecule has 0 aliphatic rings. The number of para-hydroxylation sites is 2. The van der Waals surface area contributed by atoms with Gasteiger partial charge >= 0.3 is 0 Å². The van der Waals surface area contributed by atoms with E-state index in [1.54, 1.807) is 30.3 Å². The van der Waals surface area contributed by atoms with Crippen LogP contribution < -0.4 is 5.43 Å². The molecule has 142 valence electrons. The third-order valence-electron chi connectivity index (χ3n) is 4.22. The first kappa shape index (κ1) is 18.1. The number of hydrogen-bond acceptors (Lipinski definition) is 6. The normalized spacial score (nSPS) is 11.4. The molecule has 0 atom stereocenters. The van der Waals surface area contributed by atoms with Crippen molar-refractivity contribution in [2.24, 2.45) is 5.10 Å². The number of nitro benzene ring substituents is 1. The standard InChI is InChI=1S/C21H15N5O3/c27-20(14-7-2-1-3-8-14)19(21-22-17-11-4-5-12-18(17)23-21)25-24-15-9-6-10-16(13-15)26(28)29/h1-13,24H,(H,22,23)/b25-19-. The molecule has 0 fully saturated rings. The average molecular weight is 385 g/mol. The summed E-state index contributed by atoms with van der Waals surface area (Å²) in [5.41, 5.74) is 5.03. The second kappa shape index (κ2) is 7.73. The number of aromatic amines is 1. The number of nitrogens with one attached hydrogen (secondary N) is 2. The second-order valence-electron chi connectivity index (χ2n) is 6.18. The Kier molecular flexibility index (Phi) is 4.81. The van der Waals surface area contributed by atoms with Gasteiger partial charge < -0.3 is 4.98 Å². The van der Waals surface area contributed by atoms with Crippen molar-refractivity contribution >= 4 is 33.9 Å². The van der Waals surface area contributed by atoms with E-state index in [0.29, 0.717) is 22.6 Å². The summed E-state index contributed by atoms with van der Waals surface area (Å²) in [6, 6.07) is 22.0. The van der Waals surface area contributed by atoms with Gasteiger partial charge in [-0.2, -0.15) is 5.10 Å². The lowest BCUT2D eigenvalue weighted by Crippen LogP contribution is -2.19. The summed E-state index contributed by atoms with van der Waals surface area (Å²) in [5.74, 6) is -0.0272. The molecular weight excluding hydrogens is 370 g/mol. The third-order valence-corrected chi connectivity index (χ3v) is 4.22. The fraction of sp³-hybridized carbons (Fsp3) is 0. The highest BCUT2D eigenvalue weighted by atomic mass is 16.6. The Morgan fingerprint density at radius 1 is 1.00 bits per heavy atom. The van der Waals surface area contributed by atoms with E-state index in [2.05, 4.69) is 20.5 Å². The molecule has 4 rings (SSSR count). The summed E-state index contributed by atoms with van der Waals surface area (Å²) in [6.07, 6.45) is 0. The molecule has 0 saturated heterocycles. The summed E-state index contributed by atoms with van der Waals surface area (Å²) in [5, 5.41) is 15.2. The van der Waals surface area contributed by atoms with Crippen LogP contribution in [0.25, 0.3) is 11.0 Å². The van der Waals surface area contributed by atoms with E-state index < -0.39 is 4.92 Å². The molecule has 1 heterocycles. The molecule has 0 spiro atoms. The Bertz CT molecular complexity index is 1200. The maximum absolute atomic E-state index is 13.1. The number of Topliss-reactive ketones (excluding diaryl/α,β-unsaturated/α-hetero) is 1. The highest BCUT2D eigenvalue weighted by molar-refractivity contribution is 6.50. The number of carbonyl (C=O) groups excluding carboxylic acids is 1. The van der Waals surface area contributed by atoms with Gasteiger partial charge in [-0.1, -0.05) is 48.5 Å². The summed E-state index contributed by atoms with van der Waals surface area (Å²) in [7, 11) is 0. The van der Waals surface area contributed by atoms with Crippen LogP contribution >= 0.6 is 0 Å². The van der Waals surface area contributed by atoms with Crippen LogP contribution in [0.1, 0.15) is 16.2 Å². The van der Waals surface area contributed by atoms with Crippen LogP contribution in [0.4, 0.5) is 11.4 Å². The topological polar surface area (TPSA) is 113 Å². The molecule has 1 aromatic heterocycles. The molecule has 29 heavy (non-hydrogen) atoms. The summed E-state index contributed by atoms with van der Waals surface area (Å²) in [4.78, 5) is 31.1. The Morgan fingerprint density at radius 3 is 2.52 bits per heavy atom. The SMILES string of the molecule is O=C(/C(=N/Nc1cccc([N+](=O)[O-])c1)c1nc2ccccc2[nH]1)c1ccccc1. The Morgan fingerprint density at radius 2 is 1.76 bits per heavy atom. The van der Waals surface area contributed by atoms with Crippen molar-refractivity contribution in [2.75, 3.05) is 5.43 Å². The van der Waals surface area contributed by atoms with Gasteiger partial charge in [0, 0.05) is 17.7 Å². The Labute approximate surface area is 165 Å². The van der Waals surface area contributed by atoms with Crippen molar-refractivity contribution in [1.82, 2.24) is 9.97 Å². The van der Waals surface area contributed by atoms with Gasteiger partial charge in [-0.15, -0.1) is 0 Å². The number of aromatic nitrogens is 2. The number of ketones is 1. The number of imidazole rings is 1. The van der Waals surface area contributed by atoms with E-state index in [1.165, 1.54) is 18.2 Å². The van der Waals surface area contributed by atoms with Crippen LogP contribution in [0.15, 0.2) is 84.0 Å². The molecule has 3 aromatic carbocycles. The molecule has 0 bridgehead atoms. The lowest BCUT2D eigenvalue weighted by atomic mass is 10.1. The number of hydrogen-bond donors (Lipinski definition) is 2. The van der Waals surface area contributed by atoms with Gasteiger partial charge in [0.25, 0.3) is 5.69 Å². The molecule has 0 radical (unpaired) electrons. The molecule has 8 heteroatoms. The van der Waals surface area contributed by atoms with Crippen LogP contribution in [0, 0.1) is 10.1 Å². The predicted octanol–water partition coefficient (Wildman–Crippen LogP) is 4.17. The van der Waals surface area contributed by atoms with Crippen molar-refractivity contribution in [3.63, 3.8) is 0 Å². The van der Waals surface area contributed by atoms with Gasteiger partial charge in [0.2, 0.25) is 5.78 Å². The Balaban J connectivity index is 1.75. The van der Waals surface area contributed by atoms with Gasteiger partial charge in [-0.25, -0.2) is 4.98 Å². The zero-order valence-corrected chi connectivity index (χ0v) is 15.1. The first-order valence-electron chi connectivity index (χ1n) is 8.75. The van der Waals surface area contributed by atoms with E-state index in [0.717, 1.165) is 5.52 Å². The molecule has 0 aliphatic carbocycles. The van der Waals surface area contributed by atoms with Crippen molar-refractivity contribution in [2.45, 2.75) is 0 Å². The first-order valence-corrected chi connectivity index (χ1v) is 8.75. The fourth-order valence-electron chi connectivity index (χ4n) is 2.81. The number of nitro groups is 1. The lowest BCUT2D eigenvalue weighted by molar-refractivity contribution is -0.384. The first-order chi connectivity index (χ1) is 14.1. The largest absolute Gasteiger partial charge is 0.336 e. The van der Waals surface area contributed by atoms with E-state index in [1.807, 2.05) is 30.3 Å². The predicted molar refractivity (Wildman–Crippen MR) is 110 cm³/mol. The van der Waals surface area contributed by atoms with E-state index in [-0.39, 0.29) is 17.2 Å². The zero-order valence-electron chi connectivity index (χ0n) is 15.1. The van der Waals surface area contributed by atoms with E-state index in [4.69, 9.17) is 0 Å². The number of rotatable bonds is 6. The van der Waals surface area contributed by atoms with Crippen LogP contribution in [-0.4, -0.2) is 26.4 Å². The number of hydrazone groups is 1. The van der Waals surface area contributed by atoms with Gasteiger partial charge in [-0.3, -0.25) is 20.3 Å². The minimum Gasteiger partial charge on any atom is -0.336 e. The van der Waals surface area contributed by atoms with Crippen molar-refractivity contribution < 1.29 is 9.72 Å². The van der Waals surface area contributed by atoms with Crippen molar-refractivity contribution in [3.05, 3.63) is 100 Å². The zero-order chi connectivity index (χ0) is 20.2. The minimum atomic E-state index is -0.496. The molecule has 8 nitrogen and oxygen atoms in total. The second-order valence-corrected chi connectivity index (χ2v) is 6.18. The number of benzene rings is 3. The summed E-state index contributed by atoms with van der Waals surface area (Å²) in [6.45, 7) is 0. The lowest BCUT2D eigenvalue weighted by Gasteiger charge is -2.05. The molecule has 4 aromatic rings. The quantitative estimate of drug-likeness (QED) is 0.224. The van der Waals surface area contributed by atoms with Crippen molar-refractivity contribution in [3.8, 4) is 0 Å². The number of non-ortho nitro benzene ring substituents is 1. The number of nitrogens with zero attached hydrogens (tertiary/aromatic N) is 3. The van der Waals surface area contributed by atoms with Gasteiger partial charge in [0.1, 0.15) is 0 Å². The van der Waals surface area contributed by atoms with Crippen LogP contribution in [-0.2, 0) is 0 Å². The summed E-state index contributed by atoms with van der Waals surface area (Å²) >= 11 is 0. The summed E-state index contributed by atoms with van der Waals surface area (Å²) < 4.78 is 0. The maximum Gasteiger partial charge on any atom is 0.271 e. The van der Waals surface area contributed by atoms with Crippen LogP contribution in [0.5, 0.6) is 0 Å². The van der Waals surface area contributed by atoms with E-state index in [9.17, 15) is 14.9 Å². The number of fused-ring (bicyclic) bond motifs is 1. The monoisotopic (exact) mass is 385 g/mol. The van der Waals surface area contributed by atoms with Gasteiger partial charge in [0.05, 0.1) is 21.6 Å². The van der Waals surface area contributed by atoms with Crippen LogP contribution in [0.3, 0.4) is 0 Å². The number of carbonyl (C=O) groups is 1. The number of anilines is 1. The smallest absolute Gasteiger partial charge is 0.271 e. The third kappa shape index (κ3) is 3.86. The van der Waals surface area contributed by atoms with E-state index >= 15 is 0 Å². The maximum atomic E-state index is 13.1. The molecule has 0 unspecified atom stereocenters. The fourth-order valence-corrected chi connectivity index (χ4v) is 2.81. The van der Waals surface area contributed by atoms with Gasteiger partial charge in [0.15, 0.2) is 11.5 Å². The number of H-pyrrole nitrogens is 1. The molecule has 0 saturated carbocycles. The van der Waals surface area contributed by atoms with Crippen molar-refractivity contribution in [1.29, 1.82) is 0 Å².